The lowest BCUT2D eigenvalue weighted by molar-refractivity contribution is 0.0595. The van der Waals surface area contributed by atoms with E-state index in [1.54, 1.807) is 6.20 Å². The molecule has 1 fully saturated rings. The van der Waals surface area contributed by atoms with E-state index < -0.39 is 0 Å². The number of amides is 1. The molecule has 0 aromatic carbocycles. The summed E-state index contributed by atoms with van der Waals surface area (Å²) in [5.41, 5.74) is 2.00. The Balaban J connectivity index is 1.87. The summed E-state index contributed by atoms with van der Waals surface area (Å²) < 4.78 is 5.15. The van der Waals surface area contributed by atoms with Gasteiger partial charge in [0.1, 0.15) is 17.1 Å². The second kappa shape index (κ2) is 5.63. The van der Waals surface area contributed by atoms with Crippen LogP contribution < -0.4 is 0 Å². The zero-order chi connectivity index (χ0) is 14.8. The number of carbonyl (C=O) groups excluding carboxylic acids is 1. The highest BCUT2D eigenvalue weighted by Gasteiger charge is 2.31. The third-order valence-corrected chi connectivity index (χ3v) is 3.75. The van der Waals surface area contributed by atoms with Gasteiger partial charge in [-0.1, -0.05) is 5.16 Å². The highest BCUT2D eigenvalue weighted by molar-refractivity contribution is 5.92. The van der Waals surface area contributed by atoms with Crippen LogP contribution in [0.25, 0.3) is 0 Å². The van der Waals surface area contributed by atoms with Crippen molar-refractivity contribution < 1.29 is 9.32 Å². The number of nitrogens with zero attached hydrogens (tertiary/aromatic N) is 4. The van der Waals surface area contributed by atoms with Gasteiger partial charge in [-0.25, -0.2) is 4.98 Å². The average molecular weight is 286 g/mol. The van der Waals surface area contributed by atoms with E-state index in [0.717, 1.165) is 36.4 Å². The summed E-state index contributed by atoms with van der Waals surface area (Å²) in [4.78, 5) is 22.8. The van der Waals surface area contributed by atoms with E-state index in [0.29, 0.717) is 12.2 Å². The Morgan fingerprint density at radius 1 is 1.29 bits per heavy atom. The average Bonchev–Trinajstić information content (AvgIpc) is 2.94. The van der Waals surface area contributed by atoms with Gasteiger partial charge in [-0.05, 0) is 33.1 Å². The zero-order valence-electron chi connectivity index (χ0n) is 12.2. The van der Waals surface area contributed by atoms with Crippen LogP contribution in [0.4, 0.5) is 0 Å². The standard InChI is InChI=1S/C15H18N4O2/c1-10-8-17-13(9-16-10)15(20)19-6-4-3-5-14(19)12-7-11(2)21-18-12/h7-9,14H,3-6H2,1-2H3/t14-/m1/s1. The molecule has 0 spiro atoms. The molecule has 1 aliphatic heterocycles. The quantitative estimate of drug-likeness (QED) is 0.848. The molecular formula is C15H18N4O2. The Morgan fingerprint density at radius 2 is 2.14 bits per heavy atom. The van der Waals surface area contributed by atoms with Crippen LogP contribution in [0.3, 0.4) is 0 Å². The smallest absolute Gasteiger partial charge is 0.274 e. The summed E-state index contributed by atoms with van der Waals surface area (Å²) in [6.07, 6.45) is 6.14. The van der Waals surface area contributed by atoms with Gasteiger partial charge in [0.25, 0.3) is 5.91 Å². The first-order valence-corrected chi connectivity index (χ1v) is 7.18. The zero-order valence-corrected chi connectivity index (χ0v) is 12.2. The van der Waals surface area contributed by atoms with E-state index in [9.17, 15) is 4.79 Å². The van der Waals surface area contributed by atoms with Crippen LogP contribution in [0.1, 0.15) is 52.9 Å². The van der Waals surface area contributed by atoms with Gasteiger partial charge < -0.3 is 9.42 Å². The van der Waals surface area contributed by atoms with Crippen molar-refractivity contribution >= 4 is 5.91 Å². The molecule has 0 unspecified atom stereocenters. The second-order valence-electron chi connectivity index (χ2n) is 5.42. The lowest BCUT2D eigenvalue weighted by atomic mass is 9.98. The Morgan fingerprint density at radius 3 is 2.81 bits per heavy atom. The van der Waals surface area contributed by atoms with Gasteiger partial charge >= 0.3 is 0 Å². The van der Waals surface area contributed by atoms with Crippen LogP contribution in [-0.2, 0) is 0 Å². The molecule has 110 valence electrons. The van der Waals surface area contributed by atoms with Gasteiger partial charge in [-0.2, -0.15) is 0 Å². The summed E-state index contributed by atoms with van der Waals surface area (Å²) in [7, 11) is 0. The molecule has 21 heavy (non-hydrogen) atoms. The predicted molar refractivity (Wildman–Crippen MR) is 75.6 cm³/mol. The van der Waals surface area contributed by atoms with Crippen molar-refractivity contribution in [2.24, 2.45) is 0 Å². The van der Waals surface area contributed by atoms with Gasteiger partial charge in [0, 0.05) is 18.8 Å². The molecule has 6 heteroatoms. The maximum absolute atomic E-state index is 12.7. The summed E-state index contributed by atoms with van der Waals surface area (Å²) in [5.74, 6) is 0.672. The van der Waals surface area contributed by atoms with E-state index in [1.807, 2.05) is 24.8 Å². The largest absolute Gasteiger partial charge is 0.361 e. The summed E-state index contributed by atoms with van der Waals surface area (Å²) >= 11 is 0. The van der Waals surface area contributed by atoms with Gasteiger partial charge in [-0.15, -0.1) is 0 Å². The Labute approximate surface area is 123 Å². The molecule has 0 radical (unpaired) electrons. The summed E-state index contributed by atoms with van der Waals surface area (Å²) in [6.45, 7) is 4.42. The van der Waals surface area contributed by atoms with E-state index in [1.165, 1.54) is 6.20 Å². The first-order valence-electron chi connectivity index (χ1n) is 7.18. The number of piperidine rings is 1. The number of hydrogen-bond acceptors (Lipinski definition) is 5. The highest BCUT2D eigenvalue weighted by Crippen LogP contribution is 2.31. The number of rotatable bonds is 2. The molecule has 3 heterocycles. The SMILES string of the molecule is Cc1cnc(C(=O)N2CCCC[C@@H]2c2cc(C)on2)cn1. The topological polar surface area (TPSA) is 72.1 Å². The molecule has 0 aliphatic carbocycles. The minimum atomic E-state index is -0.0900. The lowest BCUT2D eigenvalue weighted by Crippen LogP contribution is -2.39. The van der Waals surface area contributed by atoms with Crippen LogP contribution in [0, 0.1) is 13.8 Å². The van der Waals surface area contributed by atoms with Gasteiger partial charge in [0.05, 0.1) is 17.9 Å². The van der Waals surface area contributed by atoms with E-state index >= 15 is 0 Å². The normalized spacial score (nSPS) is 18.8. The van der Waals surface area contributed by atoms with Gasteiger partial charge in [0.15, 0.2) is 0 Å². The number of carbonyl (C=O) groups is 1. The van der Waals surface area contributed by atoms with Crippen LogP contribution in [0.2, 0.25) is 0 Å². The van der Waals surface area contributed by atoms with Crippen molar-refractivity contribution in [1.29, 1.82) is 0 Å². The number of aryl methyl sites for hydroxylation is 2. The minimum absolute atomic E-state index is 0.0354. The van der Waals surface area contributed by atoms with Crippen LogP contribution in [0.5, 0.6) is 0 Å². The Hall–Kier alpha value is -2.24. The molecule has 6 nitrogen and oxygen atoms in total. The van der Waals surface area contributed by atoms with Crippen molar-refractivity contribution in [1.82, 2.24) is 20.0 Å². The molecule has 1 amide bonds. The van der Waals surface area contributed by atoms with Crippen LogP contribution in [0.15, 0.2) is 23.0 Å². The molecule has 1 atom stereocenters. The fourth-order valence-electron chi connectivity index (χ4n) is 2.67. The number of likely N-dealkylation sites (tertiary alicyclic amines) is 1. The third kappa shape index (κ3) is 2.79. The lowest BCUT2D eigenvalue weighted by Gasteiger charge is -2.34. The molecule has 1 aliphatic rings. The van der Waals surface area contributed by atoms with Crippen molar-refractivity contribution in [2.75, 3.05) is 6.54 Å². The fraction of sp³-hybridized carbons (Fsp3) is 0.467. The van der Waals surface area contributed by atoms with Crippen molar-refractivity contribution in [2.45, 2.75) is 39.2 Å². The maximum Gasteiger partial charge on any atom is 0.274 e. The monoisotopic (exact) mass is 286 g/mol. The van der Waals surface area contributed by atoms with E-state index in [4.69, 9.17) is 4.52 Å². The first-order chi connectivity index (χ1) is 10.1. The van der Waals surface area contributed by atoms with Crippen molar-refractivity contribution in [3.8, 4) is 0 Å². The third-order valence-electron chi connectivity index (χ3n) is 3.75. The predicted octanol–water partition coefficient (Wildman–Crippen LogP) is 2.45. The molecular weight excluding hydrogens is 268 g/mol. The summed E-state index contributed by atoms with van der Waals surface area (Å²) in [5, 5.41) is 4.07. The van der Waals surface area contributed by atoms with Crippen molar-refractivity contribution in [3.05, 3.63) is 41.3 Å². The van der Waals surface area contributed by atoms with Crippen LogP contribution in [-0.4, -0.2) is 32.5 Å². The molecule has 1 saturated heterocycles. The molecule has 2 aromatic rings. The van der Waals surface area contributed by atoms with Gasteiger partial charge in [-0.3, -0.25) is 9.78 Å². The Kier molecular flexibility index (Phi) is 3.68. The Bertz CT molecular complexity index is 635. The minimum Gasteiger partial charge on any atom is -0.361 e. The highest BCUT2D eigenvalue weighted by atomic mass is 16.5. The molecule has 3 rings (SSSR count). The molecule has 0 N–H and O–H groups in total. The number of aromatic nitrogens is 3. The molecule has 0 bridgehead atoms. The number of hydrogen-bond donors (Lipinski definition) is 0. The van der Waals surface area contributed by atoms with E-state index in [-0.39, 0.29) is 11.9 Å². The van der Waals surface area contributed by atoms with Gasteiger partial charge in [0.2, 0.25) is 0 Å². The molecule has 0 saturated carbocycles. The fourth-order valence-corrected chi connectivity index (χ4v) is 2.67. The maximum atomic E-state index is 12.7. The van der Waals surface area contributed by atoms with Crippen LogP contribution >= 0.6 is 0 Å². The molecule has 2 aromatic heterocycles. The first kappa shape index (κ1) is 13.7. The second-order valence-corrected chi connectivity index (χ2v) is 5.42. The van der Waals surface area contributed by atoms with E-state index in [2.05, 4.69) is 15.1 Å². The van der Waals surface area contributed by atoms with Crippen molar-refractivity contribution in [3.63, 3.8) is 0 Å². The summed E-state index contributed by atoms with van der Waals surface area (Å²) in [6, 6.07) is 1.86.